The van der Waals surface area contributed by atoms with Gasteiger partial charge in [-0.15, -0.1) is 0 Å². The molecule has 1 saturated heterocycles. The molecule has 7 heteroatoms. The summed E-state index contributed by atoms with van der Waals surface area (Å²) in [5.41, 5.74) is 0.845. The topological polar surface area (TPSA) is 70.1 Å². The van der Waals surface area contributed by atoms with Crippen molar-refractivity contribution in [1.29, 1.82) is 0 Å². The van der Waals surface area contributed by atoms with Crippen LogP contribution in [0.15, 0.2) is 18.2 Å². The third kappa shape index (κ3) is 5.04. The minimum Gasteiger partial charge on any atom is -0.465 e. The number of amides is 1. The van der Waals surface area contributed by atoms with Crippen molar-refractivity contribution in [2.75, 3.05) is 26.2 Å². The number of halogens is 1. The van der Waals surface area contributed by atoms with Crippen molar-refractivity contribution in [3.63, 3.8) is 0 Å². The number of carbonyl (C=O) groups is 2. The fraction of sp³-hybridized carbons (Fsp3) is 0.636. The van der Waals surface area contributed by atoms with Gasteiger partial charge in [0, 0.05) is 37.7 Å². The van der Waals surface area contributed by atoms with Gasteiger partial charge in [-0.2, -0.15) is 0 Å². The number of esters is 1. The maximum absolute atomic E-state index is 13.3. The van der Waals surface area contributed by atoms with E-state index in [-0.39, 0.29) is 5.97 Å². The lowest BCUT2D eigenvalue weighted by Gasteiger charge is -2.36. The third-order valence-corrected chi connectivity index (χ3v) is 6.11. The van der Waals surface area contributed by atoms with Crippen LogP contribution in [-0.4, -0.2) is 58.7 Å². The van der Waals surface area contributed by atoms with E-state index in [4.69, 9.17) is 21.4 Å². The maximum Gasteiger partial charge on any atom is 0.407 e. The van der Waals surface area contributed by atoms with E-state index in [1.165, 1.54) is 4.90 Å². The molecule has 1 aliphatic carbocycles. The van der Waals surface area contributed by atoms with Crippen molar-refractivity contribution < 1.29 is 19.4 Å². The quantitative estimate of drug-likeness (QED) is 0.733. The molecule has 1 aromatic rings. The van der Waals surface area contributed by atoms with Gasteiger partial charge in [0.2, 0.25) is 0 Å². The van der Waals surface area contributed by atoms with Crippen LogP contribution in [0.4, 0.5) is 4.79 Å². The second-order valence-electron chi connectivity index (χ2n) is 9.14. The Hall–Kier alpha value is -1.79. The Labute approximate surface area is 177 Å². The predicted octanol–water partition coefficient (Wildman–Crippen LogP) is 4.29. The van der Waals surface area contributed by atoms with Crippen LogP contribution in [0.5, 0.6) is 0 Å². The standard InChI is InChI=1S/C22H31ClN2O4/c1-21(2,3)29-19(26)22(8-4-5-9-22)18-14-17(23)7-6-16(18)15-24-10-12-25(13-11-24)20(27)28/h6-7,14H,4-5,8-13,15H2,1-3H3,(H,27,28). The van der Waals surface area contributed by atoms with Gasteiger partial charge in [-0.05, 0) is 56.9 Å². The number of rotatable bonds is 4. The highest BCUT2D eigenvalue weighted by atomic mass is 35.5. The van der Waals surface area contributed by atoms with Crippen molar-refractivity contribution in [2.24, 2.45) is 0 Å². The number of hydrogen-bond acceptors (Lipinski definition) is 4. The van der Waals surface area contributed by atoms with Crippen LogP contribution >= 0.6 is 11.6 Å². The summed E-state index contributed by atoms with van der Waals surface area (Å²) in [5, 5.41) is 9.78. The Balaban J connectivity index is 1.87. The SMILES string of the molecule is CC(C)(C)OC(=O)C1(c2cc(Cl)ccc2CN2CCN(C(=O)O)CC2)CCCC1. The van der Waals surface area contributed by atoms with Gasteiger partial charge in [0.25, 0.3) is 0 Å². The zero-order chi connectivity index (χ0) is 21.2. The van der Waals surface area contributed by atoms with E-state index in [1.807, 2.05) is 39.0 Å². The van der Waals surface area contributed by atoms with E-state index in [0.717, 1.165) is 36.8 Å². The summed E-state index contributed by atoms with van der Waals surface area (Å²) < 4.78 is 5.84. The molecular weight excluding hydrogens is 392 g/mol. The average molecular weight is 423 g/mol. The summed E-state index contributed by atoms with van der Waals surface area (Å²) in [5.74, 6) is -0.165. The first kappa shape index (κ1) is 21.9. The summed E-state index contributed by atoms with van der Waals surface area (Å²) in [4.78, 5) is 28.1. The minimum atomic E-state index is -0.869. The van der Waals surface area contributed by atoms with Crippen molar-refractivity contribution in [3.8, 4) is 0 Å². The van der Waals surface area contributed by atoms with Crippen molar-refractivity contribution in [3.05, 3.63) is 34.3 Å². The van der Waals surface area contributed by atoms with Gasteiger partial charge in [-0.3, -0.25) is 9.69 Å². The summed E-state index contributed by atoms with van der Waals surface area (Å²) in [6, 6.07) is 5.80. The van der Waals surface area contributed by atoms with E-state index in [1.54, 1.807) is 0 Å². The van der Waals surface area contributed by atoms with Crippen LogP contribution < -0.4 is 0 Å². The lowest BCUT2D eigenvalue weighted by Crippen LogP contribution is -2.48. The van der Waals surface area contributed by atoms with Crippen LogP contribution in [-0.2, 0) is 21.5 Å². The predicted molar refractivity (Wildman–Crippen MR) is 112 cm³/mol. The van der Waals surface area contributed by atoms with E-state index in [2.05, 4.69) is 4.90 Å². The van der Waals surface area contributed by atoms with Crippen LogP contribution in [0.25, 0.3) is 0 Å². The first-order valence-corrected chi connectivity index (χ1v) is 10.7. The van der Waals surface area contributed by atoms with Gasteiger partial charge < -0.3 is 14.7 Å². The first-order chi connectivity index (χ1) is 13.6. The number of ether oxygens (including phenoxy) is 1. The van der Waals surface area contributed by atoms with Crippen LogP contribution in [0, 0.1) is 0 Å². The summed E-state index contributed by atoms with van der Waals surface area (Å²) >= 11 is 6.35. The molecule has 0 spiro atoms. The smallest absolute Gasteiger partial charge is 0.407 e. The molecule has 1 aromatic carbocycles. The molecule has 1 heterocycles. The Kier molecular flexibility index (Phi) is 6.44. The number of hydrogen-bond donors (Lipinski definition) is 1. The summed E-state index contributed by atoms with van der Waals surface area (Å²) in [6.45, 7) is 8.70. The minimum absolute atomic E-state index is 0.165. The molecule has 2 aliphatic rings. The Morgan fingerprint density at radius 2 is 1.76 bits per heavy atom. The highest BCUT2D eigenvalue weighted by Crippen LogP contribution is 2.45. The fourth-order valence-corrected chi connectivity index (χ4v) is 4.58. The first-order valence-electron chi connectivity index (χ1n) is 10.3. The molecule has 1 N–H and O–H groups in total. The molecular formula is C22H31ClN2O4. The zero-order valence-corrected chi connectivity index (χ0v) is 18.3. The molecule has 29 heavy (non-hydrogen) atoms. The third-order valence-electron chi connectivity index (χ3n) is 5.87. The van der Waals surface area contributed by atoms with Crippen molar-refractivity contribution >= 4 is 23.7 Å². The maximum atomic E-state index is 13.3. The number of carboxylic acid groups (broad SMARTS) is 1. The largest absolute Gasteiger partial charge is 0.465 e. The van der Waals surface area contributed by atoms with E-state index >= 15 is 0 Å². The summed E-state index contributed by atoms with van der Waals surface area (Å²) in [6.07, 6.45) is 2.64. The highest BCUT2D eigenvalue weighted by molar-refractivity contribution is 6.30. The van der Waals surface area contributed by atoms with Crippen molar-refractivity contribution in [1.82, 2.24) is 9.80 Å². The second-order valence-corrected chi connectivity index (χ2v) is 9.57. The molecule has 3 rings (SSSR count). The molecule has 6 nitrogen and oxygen atoms in total. The van der Waals surface area contributed by atoms with Crippen molar-refractivity contribution in [2.45, 2.75) is 64.0 Å². The second kappa shape index (κ2) is 8.52. The number of carbonyl (C=O) groups excluding carboxylic acids is 1. The highest BCUT2D eigenvalue weighted by Gasteiger charge is 2.46. The average Bonchev–Trinajstić information content (AvgIpc) is 3.13. The Morgan fingerprint density at radius 1 is 1.14 bits per heavy atom. The van der Waals surface area contributed by atoms with E-state index in [0.29, 0.717) is 37.7 Å². The number of nitrogens with zero attached hydrogens (tertiary/aromatic N) is 2. The van der Waals surface area contributed by atoms with Gasteiger partial charge in [0.05, 0.1) is 5.41 Å². The molecule has 1 aliphatic heterocycles. The number of benzene rings is 1. The molecule has 0 atom stereocenters. The molecule has 0 radical (unpaired) electrons. The van der Waals surface area contributed by atoms with Gasteiger partial charge in [-0.1, -0.05) is 30.5 Å². The molecule has 2 fully saturated rings. The van der Waals surface area contributed by atoms with Crippen LogP contribution in [0.2, 0.25) is 5.02 Å². The van der Waals surface area contributed by atoms with E-state index in [9.17, 15) is 9.59 Å². The molecule has 0 unspecified atom stereocenters. The lowest BCUT2D eigenvalue weighted by atomic mass is 9.76. The normalized spacial score (nSPS) is 19.9. The zero-order valence-electron chi connectivity index (χ0n) is 17.5. The lowest BCUT2D eigenvalue weighted by molar-refractivity contribution is -0.162. The summed E-state index contributed by atoms with van der Waals surface area (Å²) in [7, 11) is 0. The molecule has 0 aromatic heterocycles. The van der Waals surface area contributed by atoms with E-state index < -0.39 is 17.1 Å². The van der Waals surface area contributed by atoms with Gasteiger partial charge >= 0.3 is 12.1 Å². The van der Waals surface area contributed by atoms with Crippen LogP contribution in [0.1, 0.15) is 57.6 Å². The Bertz CT molecular complexity index is 761. The molecule has 160 valence electrons. The van der Waals surface area contributed by atoms with Gasteiger partial charge in [0.1, 0.15) is 5.60 Å². The molecule has 1 amide bonds. The van der Waals surface area contributed by atoms with Gasteiger partial charge in [0.15, 0.2) is 0 Å². The fourth-order valence-electron chi connectivity index (χ4n) is 4.41. The molecule has 0 bridgehead atoms. The number of piperazine rings is 1. The van der Waals surface area contributed by atoms with Crippen LogP contribution in [0.3, 0.4) is 0 Å². The van der Waals surface area contributed by atoms with Gasteiger partial charge in [-0.25, -0.2) is 4.79 Å². The molecule has 1 saturated carbocycles. The monoisotopic (exact) mass is 422 g/mol. The Morgan fingerprint density at radius 3 is 2.31 bits per heavy atom.